The summed E-state index contributed by atoms with van der Waals surface area (Å²) in [5.74, 6) is 1.05. The highest BCUT2D eigenvalue weighted by molar-refractivity contribution is 5.17. The molecule has 0 saturated carbocycles. The molecule has 2 rings (SSSR count). The minimum atomic E-state index is 0.419. The number of aromatic nitrogens is 1. The van der Waals surface area contributed by atoms with Crippen molar-refractivity contribution >= 4 is 0 Å². The summed E-state index contributed by atoms with van der Waals surface area (Å²) in [6.07, 6.45) is 5.27. The fourth-order valence-electron chi connectivity index (χ4n) is 1.73. The Morgan fingerprint density at radius 1 is 1.75 bits per heavy atom. The molecule has 0 aromatic carbocycles. The van der Waals surface area contributed by atoms with E-state index in [1.165, 1.54) is 18.4 Å². The van der Waals surface area contributed by atoms with Crippen LogP contribution in [0.5, 0.6) is 0 Å². The van der Waals surface area contributed by atoms with E-state index in [-0.39, 0.29) is 0 Å². The molecule has 1 aliphatic rings. The quantitative estimate of drug-likeness (QED) is 0.726. The molecule has 66 valence electrons. The van der Waals surface area contributed by atoms with Gasteiger partial charge in [0.05, 0.1) is 12.2 Å². The molecular weight excluding hydrogens is 152 g/mol. The van der Waals surface area contributed by atoms with Crippen LogP contribution in [0.1, 0.15) is 37.1 Å². The van der Waals surface area contributed by atoms with Gasteiger partial charge in [-0.25, -0.2) is 0 Å². The molecule has 1 atom stereocenters. The van der Waals surface area contributed by atoms with Crippen LogP contribution in [-0.2, 0) is 6.42 Å². The molecule has 12 heavy (non-hydrogen) atoms. The monoisotopic (exact) mass is 166 g/mol. The first-order valence-electron chi connectivity index (χ1n) is 4.58. The van der Waals surface area contributed by atoms with Gasteiger partial charge in [-0.05, 0) is 25.8 Å². The Hall–Kier alpha value is -0.830. The van der Waals surface area contributed by atoms with E-state index in [1.54, 1.807) is 0 Å². The standard InChI is InChI=1S/C9H14N2O/c1-2-7-6-11-12-9(7)8-4-3-5-10-8/h6,8,10H,2-5H2,1H3. The van der Waals surface area contributed by atoms with E-state index in [0.717, 1.165) is 18.7 Å². The van der Waals surface area contributed by atoms with Crippen LogP contribution in [0, 0.1) is 0 Å². The molecule has 0 aliphatic carbocycles. The van der Waals surface area contributed by atoms with E-state index in [4.69, 9.17) is 4.52 Å². The normalized spacial score (nSPS) is 23.2. The fraction of sp³-hybridized carbons (Fsp3) is 0.667. The van der Waals surface area contributed by atoms with Crippen molar-refractivity contribution in [3.63, 3.8) is 0 Å². The van der Waals surface area contributed by atoms with Crippen LogP contribution >= 0.6 is 0 Å². The smallest absolute Gasteiger partial charge is 0.156 e. The minimum absolute atomic E-state index is 0.419. The van der Waals surface area contributed by atoms with Gasteiger partial charge in [0.1, 0.15) is 0 Å². The van der Waals surface area contributed by atoms with Crippen molar-refractivity contribution in [2.24, 2.45) is 0 Å². The second-order valence-electron chi connectivity index (χ2n) is 3.22. The molecule has 1 N–H and O–H groups in total. The summed E-state index contributed by atoms with van der Waals surface area (Å²) >= 11 is 0. The number of nitrogens with one attached hydrogen (secondary N) is 1. The molecule has 1 aromatic rings. The zero-order valence-corrected chi connectivity index (χ0v) is 7.34. The average Bonchev–Trinajstić information content (AvgIpc) is 2.74. The lowest BCUT2D eigenvalue weighted by Crippen LogP contribution is -2.13. The summed E-state index contributed by atoms with van der Waals surface area (Å²) in [7, 11) is 0. The third-order valence-corrected chi connectivity index (χ3v) is 2.43. The molecule has 2 heterocycles. The third-order valence-electron chi connectivity index (χ3n) is 2.43. The van der Waals surface area contributed by atoms with E-state index in [2.05, 4.69) is 17.4 Å². The number of nitrogens with zero attached hydrogens (tertiary/aromatic N) is 1. The highest BCUT2D eigenvalue weighted by atomic mass is 16.5. The fourth-order valence-corrected chi connectivity index (χ4v) is 1.73. The summed E-state index contributed by atoms with van der Waals surface area (Å²) in [6.45, 7) is 3.24. The van der Waals surface area contributed by atoms with Gasteiger partial charge < -0.3 is 9.84 Å². The van der Waals surface area contributed by atoms with Gasteiger partial charge in [-0.15, -0.1) is 0 Å². The molecular formula is C9H14N2O. The minimum Gasteiger partial charge on any atom is -0.359 e. The maximum atomic E-state index is 5.23. The molecule has 1 unspecified atom stereocenters. The van der Waals surface area contributed by atoms with Crippen molar-refractivity contribution in [2.45, 2.75) is 32.2 Å². The van der Waals surface area contributed by atoms with Crippen molar-refractivity contribution in [3.05, 3.63) is 17.5 Å². The van der Waals surface area contributed by atoms with Gasteiger partial charge in [0.2, 0.25) is 0 Å². The van der Waals surface area contributed by atoms with Gasteiger partial charge in [0, 0.05) is 5.56 Å². The SMILES string of the molecule is CCc1cnoc1C1CCCN1. The molecule has 1 fully saturated rings. The van der Waals surface area contributed by atoms with Crippen LogP contribution in [-0.4, -0.2) is 11.7 Å². The number of rotatable bonds is 2. The summed E-state index contributed by atoms with van der Waals surface area (Å²) in [4.78, 5) is 0. The molecule has 0 spiro atoms. The topological polar surface area (TPSA) is 38.1 Å². The molecule has 0 amide bonds. The van der Waals surface area contributed by atoms with E-state index in [9.17, 15) is 0 Å². The first-order valence-corrected chi connectivity index (χ1v) is 4.58. The molecule has 3 heteroatoms. The van der Waals surface area contributed by atoms with Gasteiger partial charge >= 0.3 is 0 Å². The number of aryl methyl sites for hydroxylation is 1. The Morgan fingerprint density at radius 2 is 2.67 bits per heavy atom. The molecule has 3 nitrogen and oxygen atoms in total. The van der Waals surface area contributed by atoms with Crippen molar-refractivity contribution in [2.75, 3.05) is 6.54 Å². The van der Waals surface area contributed by atoms with E-state index < -0.39 is 0 Å². The first-order chi connectivity index (χ1) is 5.92. The lowest BCUT2D eigenvalue weighted by molar-refractivity contribution is 0.349. The Balaban J connectivity index is 2.19. The predicted molar refractivity (Wildman–Crippen MR) is 45.9 cm³/mol. The summed E-state index contributed by atoms with van der Waals surface area (Å²) in [6, 6.07) is 0.419. The molecule has 0 bridgehead atoms. The van der Waals surface area contributed by atoms with Crippen LogP contribution in [0.4, 0.5) is 0 Å². The lowest BCUT2D eigenvalue weighted by Gasteiger charge is -2.06. The zero-order chi connectivity index (χ0) is 8.39. The highest BCUT2D eigenvalue weighted by Crippen LogP contribution is 2.25. The van der Waals surface area contributed by atoms with Crippen LogP contribution < -0.4 is 5.32 Å². The number of hydrogen-bond donors (Lipinski definition) is 1. The summed E-state index contributed by atoms with van der Waals surface area (Å²) in [5.41, 5.74) is 1.24. The third kappa shape index (κ3) is 1.25. The Kier molecular flexibility index (Phi) is 2.13. The van der Waals surface area contributed by atoms with E-state index in [1.807, 2.05) is 6.20 Å². The van der Waals surface area contributed by atoms with Crippen molar-refractivity contribution in [3.8, 4) is 0 Å². The largest absolute Gasteiger partial charge is 0.359 e. The van der Waals surface area contributed by atoms with Crippen molar-refractivity contribution in [1.29, 1.82) is 0 Å². The lowest BCUT2D eigenvalue weighted by atomic mass is 10.1. The predicted octanol–water partition coefficient (Wildman–Crippen LogP) is 1.66. The molecule has 1 aliphatic heterocycles. The van der Waals surface area contributed by atoms with Crippen LogP contribution in [0.15, 0.2) is 10.7 Å². The Morgan fingerprint density at radius 3 is 3.33 bits per heavy atom. The summed E-state index contributed by atoms with van der Waals surface area (Å²) in [5, 5.41) is 7.22. The number of hydrogen-bond acceptors (Lipinski definition) is 3. The molecule has 1 saturated heterocycles. The van der Waals surface area contributed by atoms with Crippen LogP contribution in [0.25, 0.3) is 0 Å². The summed E-state index contributed by atoms with van der Waals surface area (Å²) < 4.78 is 5.23. The Labute approximate surface area is 72.1 Å². The van der Waals surface area contributed by atoms with E-state index in [0.29, 0.717) is 6.04 Å². The Bertz CT molecular complexity index is 251. The van der Waals surface area contributed by atoms with Gasteiger partial charge in [-0.3, -0.25) is 0 Å². The molecule has 0 radical (unpaired) electrons. The van der Waals surface area contributed by atoms with Gasteiger partial charge in [-0.1, -0.05) is 12.1 Å². The zero-order valence-electron chi connectivity index (χ0n) is 7.34. The maximum Gasteiger partial charge on any atom is 0.156 e. The first kappa shape index (κ1) is 7.80. The maximum absolute atomic E-state index is 5.23. The highest BCUT2D eigenvalue weighted by Gasteiger charge is 2.22. The van der Waals surface area contributed by atoms with Crippen molar-refractivity contribution < 1.29 is 4.52 Å². The van der Waals surface area contributed by atoms with Crippen LogP contribution in [0.2, 0.25) is 0 Å². The van der Waals surface area contributed by atoms with Gasteiger partial charge in [0.15, 0.2) is 5.76 Å². The second-order valence-corrected chi connectivity index (χ2v) is 3.22. The van der Waals surface area contributed by atoms with Gasteiger partial charge in [-0.2, -0.15) is 0 Å². The van der Waals surface area contributed by atoms with Gasteiger partial charge in [0.25, 0.3) is 0 Å². The second kappa shape index (κ2) is 3.27. The molecule has 1 aromatic heterocycles. The van der Waals surface area contributed by atoms with E-state index >= 15 is 0 Å². The van der Waals surface area contributed by atoms with Crippen molar-refractivity contribution in [1.82, 2.24) is 10.5 Å². The van der Waals surface area contributed by atoms with Crippen LogP contribution in [0.3, 0.4) is 0 Å². The average molecular weight is 166 g/mol.